The summed E-state index contributed by atoms with van der Waals surface area (Å²) in [6.45, 7) is 12.2. The van der Waals surface area contributed by atoms with Gasteiger partial charge in [0.05, 0.1) is 0 Å². The molecule has 0 amide bonds. The molecule has 1 fully saturated rings. The van der Waals surface area contributed by atoms with Crippen molar-refractivity contribution in [3.8, 4) is 0 Å². The van der Waals surface area contributed by atoms with E-state index in [1.54, 1.807) is 0 Å². The van der Waals surface area contributed by atoms with Crippen LogP contribution in [0.25, 0.3) is 0 Å². The van der Waals surface area contributed by atoms with Crippen molar-refractivity contribution in [2.75, 3.05) is 0 Å². The molecule has 0 aliphatic heterocycles. The van der Waals surface area contributed by atoms with Gasteiger partial charge >= 0.3 is 0 Å². The minimum absolute atomic E-state index is 0.827. The van der Waals surface area contributed by atoms with E-state index >= 15 is 0 Å². The molecule has 1 aliphatic rings. The van der Waals surface area contributed by atoms with Gasteiger partial charge < -0.3 is 5.73 Å². The molecule has 0 heterocycles. The molecule has 0 aromatic heterocycles. The Morgan fingerprint density at radius 2 is 1.94 bits per heavy atom. The summed E-state index contributed by atoms with van der Waals surface area (Å²) in [4.78, 5) is 0. The van der Waals surface area contributed by atoms with Gasteiger partial charge in [0.2, 0.25) is 0 Å². The monoisotopic (exact) mass is 229 g/mol. The largest absolute Gasteiger partial charge is 0.398 e. The fraction of sp³-hybridized carbons (Fsp3) is 0.375. The van der Waals surface area contributed by atoms with Crippen LogP contribution in [0.1, 0.15) is 39.5 Å². The first-order chi connectivity index (χ1) is 8.07. The van der Waals surface area contributed by atoms with Crippen LogP contribution in [0.15, 0.2) is 59.4 Å². The zero-order chi connectivity index (χ0) is 12.8. The molecule has 92 valence electrons. The summed E-state index contributed by atoms with van der Waals surface area (Å²) in [6, 6.07) is 0. The second-order valence-corrected chi connectivity index (χ2v) is 4.56. The first-order valence-electron chi connectivity index (χ1n) is 6.24. The Labute approximate surface area is 105 Å². The quantitative estimate of drug-likeness (QED) is 0.713. The van der Waals surface area contributed by atoms with E-state index in [0.29, 0.717) is 0 Å². The fourth-order valence-electron chi connectivity index (χ4n) is 2.03. The van der Waals surface area contributed by atoms with Crippen molar-refractivity contribution in [2.24, 2.45) is 5.73 Å². The van der Waals surface area contributed by atoms with Gasteiger partial charge in [-0.25, -0.2) is 0 Å². The first-order valence-corrected chi connectivity index (χ1v) is 6.24. The molecule has 0 radical (unpaired) electrons. The maximum atomic E-state index is 6.21. The highest BCUT2D eigenvalue weighted by Crippen LogP contribution is 2.31. The van der Waals surface area contributed by atoms with Crippen LogP contribution in [0.2, 0.25) is 0 Å². The number of hydrogen-bond acceptors (Lipinski definition) is 1. The average molecular weight is 229 g/mol. The lowest BCUT2D eigenvalue weighted by Gasteiger charge is -2.20. The van der Waals surface area contributed by atoms with Crippen molar-refractivity contribution in [3.63, 3.8) is 0 Å². The van der Waals surface area contributed by atoms with Crippen LogP contribution in [0.5, 0.6) is 0 Å². The fourth-order valence-corrected chi connectivity index (χ4v) is 2.03. The molecule has 0 atom stereocenters. The lowest BCUT2D eigenvalue weighted by atomic mass is 9.87. The van der Waals surface area contributed by atoms with Crippen LogP contribution >= 0.6 is 0 Å². The van der Waals surface area contributed by atoms with E-state index in [0.717, 1.165) is 29.7 Å². The van der Waals surface area contributed by atoms with Crippen molar-refractivity contribution >= 4 is 0 Å². The van der Waals surface area contributed by atoms with Gasteiger partial charge in [0.1, 0.15) is 0 Å². The zero-order valence-electron chi connectivity index (χ0n) is 11.1. The third-order valence-corrected chi connectivity index (χ3v) is 3.25. The molecular weight excluding hydrogens is 206 g/mol. The van der Waals surface area contributed by atoms with Gasteiger partial charge in [-0.2, -0.15) is 0 Å². The lowest BCUT2D eigenvalue weighted by molar-refractivity contribution is 0.675. The highest BCUT2D eigenvalue weighted by Gasteiger charge is 2.14. The van der Waals surface area contributed by atoms with Gasteiger partial charge in [-0.3, -0.25) is 0 Å². The predicted octanol–water partition coefficient (Wildman–Crippen LogP) is 4.41. The molecular formula is C16H23N. The van der Waals surface area contributed by atoms with Crippen LogP contribution in [-0.4, -0.2) is 0 Å². The van der Waals surface area contributed by atoms with E-state index in [4.69, 9.17) is 5.73 Å². The summed E-state index contributed by atoms with van der Waals surface area (Å²) in [5, 5.41) is 0. The minimum Gasteiger partial charge on any atom is -0.398 e. The van der Waals surface area contributed by atoms with Crippen LogP contribution in [0, 0.1) is 0 Å². The number of nitrogens with two attached hydrogens (primary N) is 1. The summed E-state index contributed by atoms with van der Waals surface area (Å²) < 4.78 is 0. The molecule has 1 heteroatoms. The highest BCUT2D eigenvalue weighted by molar-refractivity contribution is 5.50. The van der Waals surface area contributed by atoms with Gasteiger partial charge in [0.15, 0.2) is 0 Å². The molecule has 2 N–H and O–H groups in total. The second kappa shape index (κ2) is 6.29. The van der Waals surface area contributed by atoms with E-state index in [-0.39, 0.29) is 0 Å². The van der Waals surface area contributed by atoms with Gasteiger partial charge in [-0.15, -0.1) is 0 Å². The van der Waals surface area contributed by atoms with Crippen molar-refractivity contribution in [3.05, 3.63) is 59.4 Å². The Bertz CT molecular complexity index is 405. The molecule has 17 heavy (non-hydrogen) atoms. The second-order valence-electron chi connectivity index (χ2n) is 4.56. The maximum absolute atomic E-state index is 6.21. The normalized spacial score (nSPS) is 20.8. The molecule has 1 saturated carbocycles. The summed E-state index contributed by atoms with van der Waals surface area (Å²) in [7, 11) is 0. The molecule has 0 bridgehead atoms. The van der Waals surface area contributed by atoms with E-state index in [2.05, 4.69) is 13.2 Å². The van der Waals surface area contributed by atoms with Gasteiger partial charge in [0, 0.05) is 5.70 Å². The number of hydrogen-bond donors (Lipinski definition) is 1. The number of allylic oxidation sites excluding steroid dienone is 6. The molecule has 0 unspecified atom stereocenters. The topological polar surface area (TPSA) is 26.0 Å². The van der Waals surface area contributed by atoms with Gasteiger partial charge in [-0.1, -0.05) is 31.4 Å². The summed E-state index contributed by atoms with van der Waals surface area (Å²) in [5.74, 6) is 0. The SMILES string of the molecule is C=C(/C(C)=C\C=C/C)/C(N)=C1/CCCCC1=C. The van der Waals surface area contributed by atoms with Crippen LogP contribution in [-0.2, 0) is 0 Å². The third-order valence-electron chi connectivity index (χ3n) is 3.25. The van der Waals surface area contributed by atoms with Crippen LogP contribution in [0.3, 0.4) is 0 Å². The first kappa shape index (κ1) is 13.6. The van der Waals surface area contributed by atoms with Gasteiger partial charge in [0.25, 0.3) is 0 Å². The van der Waals surface area contributed by atoms with Crippen LogP contribution in [0.4, 0.5) is 0 Å². The van der Waals surface area contributed by atoms with Crippen molar-refractivity contribution in [1.29, 1.82) is 0 Å². The Balaban J connectivity index is 2.94. The molecule has 0 saturated heterocycles. The van der Waals surface area contributed by atoms with Crippen molar-refractivity contribution in [1.82, 2.24) is 0 Å². The number of rotatable bonds is 3. The zero-order valence-corrected chi connectivity index (χ0v) is 11.1. The molecule has 1 rings (SSSR count). The summed E-state index contributed by atoms with van der Waals surface area (Å²) >= 11 is 0. The Hall–Kier alpha value is -1.50. The van der Waals surface area contributed by atoms with Crippen molar-refractivity contribution < 1.29 is 0 Å². The highest BCUT2D eigenvalue weighted by atomic mass is 14.6. The predicted molar refractivity (Wildman–Crippen MR) is 76.5 cm³/mol. The lowest BCUT2D eigenvalue weighted by Crippen LogP contribution is -2.10. The molecule has 0 spiro atoms. The summed E-state index contributed by atoms with van der Waals surface area (Å²) in [5.41, 5.74) is 11.5. The Morgan fingerprint density at radius 3 is 2.53 bits per heavy atom. The van der Waals surface area contributed by atoms with E-state index in [1.807, 2.05) is 32.1 Å². The average Bonchev–Trinajstić information content (AvgIpc) is 2.34. The molecule has 0 aromatic carbocycles. The Kier molecular flexibility index (Phi) is 5.02. The standard InChI is InChI=1S/C16H23N/c1-5-6-9-12(2)14(4)16(17)15-11-8-7-10-13(15)3/h5-6,9H,3-4,7-8,10-11,17H2,1-2H3/b6-5-,12-9-,16-15+. The molecule has 1 nitrogen and oxygen atoms in total. The van der Waals surface area contributed by atoms with Gasteiger partial charge in [-0.05, 0) is 61.8 Å². The maximum Gasteiger partial charge on any atom is 0.0419 e. The molecule has 1 aliphatic carbocycles. The van der Waals surface area contributed by atoms with E-state index < -0.39 is 0 Å². The smallest absolute Gasteiger partial charge is 0.0419 e. The summed E-state index contributed by atoms with van der Waals surface area (Å²) in [6.07, 6.45) is 10.6. The van der Waals surface area contributed by atoms with E-state index in [1.165, 1.54) is 24.0 Å². The Morgan fingerprint density at radius 1 is 1.29 bits per heavy atom. The van der Waals surface area contributed by atoms with E-state index in [9.17, 15) is 0 Å². The third kappa shape index (κ3) is 3.48. The van der Waals surface area contributed by atoms with Crippen LogP contribution < -0.4 is 5.73 Å². The minimum atomic E-state index is 0.827. The molecule has 0 aromatic rings. The van der Waals surface area contributed by atoms with Crippen molar-refractivity contribution in [2.45, 2.75) is 39.5 Å².